The normalized spacial score (nSPS) is 11.8. The predicted octanol–water partition coefficient (Wildman–Crippen LogP) is 5.83. The SMILES string of the molecule is CC[C@H](C)c1ccc(NC(=O)CSc2nnc(Nc3cccc(C)c3)s2)cc1. The fourth-order valence-corrected chi connectivity index (χ4v) is 4.19. The number of nitrogens with zero attached hydrogens (tertiary/aromatic N) is 2. The zero-order valence-corrected chi connectivity index (χ0v) is 17.9. The lowest BCUT2D eigenvalue weighted by Crippen LogP contribution is -2.13. The van der Waals surface area contributed by atoms with Crippen LogP contribution in [-0.2, 0) is 4.79 Å². The Bertz CT molecular complexity index is 924. The van der Waals surface area contributed by atoms with E-state index in [0.29, 0.717) is 16.8 Å². The van der Waals surface area contributed by atoms with Crippen LogP contribution in [-0.4, -0.2) is 21.9 Å². The molecule has 0 saturated carbocycles. The zero-order chi connectivity index (χ0) is 19.9. The summed E-state index contributed by atoms with van der Waals surface area (Å²) in [6, 6.07) is 16.1. The molecule has 0 aliphatic rings. The summed E-state index contributed by atoms with van der Waals surface area (Å²) in [5.74, 6) is 0.775. The quantitative estimate of drug-likeness (QED) is 0.455. The summed E-state index contributed by atoms with van der Waals surface area (Å²) < 4.78 is 0.762. The smallest absolute Gasteiger partial charge is 0.234 e. The maximum absolute atomic E-state index is 12.2. The van der Waals surface area contributed by atoms with Gasteiger partial charge in [-0.25, -0.2) is 0 Å². The first-order chi connectivity index (χ1) is 13.5. The fourth-order valence-electron chi connectivity index (χ4n) is 2.62. The molecule has 3 aromatic rings. The van der Waals surface area contributed by atoms with E-state index in [4.69, 9.17) is 0 Å². The van der Waals surface area contributed by atoms with Gasteiger partial charge in [0, 0.05) is 11.4 Å². The van der Waals surface area contributed by atoms with Crippen LogP contribution in [0.15, 0.2) is 52.9 Å². The summed E-state index contributed by atoms with van der Waals surface area (Å²) in [5.41, 5.74) is 4.26. The average molecular weight is 413 g/mol. The number of aromatic nitrogens is 2. The van der Waals surface area contributed by atoms with Crippen molar-refractivity contribution in [3.63, 3.8) is 0 Å². The number of rotatable bonds is 8. The number of nitrogens with one attached hydrogen (secondary N) is 2. The van der Waals surface area contributed by atoms with Gasteiger partial charge in [0.15, 0.2) is 4.34 Å². The first-order valence-electron chi connectivity index (χ1n) is 9.23. The van der Waals surface area contributed by atoms with Gasteiger partial charge in [0.1, 0.15) is 0 Å². The topological polar surface area (TPSA) is 66.9 Å². The van der Waals surface area contributed by atoms with Crippen molar-refractivity contribution in [2.75, 3.05) is 16.4 Å². The number of carbonyl (C=O) groups excluding carboxylic acids is 1. The first kappa shape index (κ1) is 20.4. The first-order valence-corrected chi connectivity index (χ1v) is 11.0. The van der Waals surface area contributed by atoms with Crippen LogP contribution in [0.4, 0.5) is 16.5 Å². The van der Waals surface area contributed by atoms with Crippen molar-refractivity contribution in [1.29, 1.82) is 0 Å². The van der Waals surface area contributed by atoms with E-state index in [1.54, 1.807) is 0 Å². The number of hydrogen-bond donors (Lipinski definition) is 2. The zero-order valence-electron chi connectivity index (χ0n) is 16.2. The molecule has 0 saturated heterocycles. The molecule has 0 fully saturated rings. The molecule has 2 aromatic carbocycles. The van der Waals surface area contributed by atoms with Crippen molar-refractivity contribution in [1.82, 2.24) is 10.2 Å². The molecule has 0 radical (unpaired) electrons. The van der Waals surface area contributed by atoms with E-state index < -0.39 is 0 Å². The van der Waals surface area contributed by atoms with Crippen LogP contribution in [0.5, 0.6) is 0 Å². The predicted molar refractivity (Wildman–Crippen MR) is 119 cm³/mol. The molecule has 1 heterocycles. The summed E-state index contributed by atoms with van der Waals surface area (Å²) in [6.07, 6.45) is 1.10. The van der Waals surface area contributed by atoms with E-state index in [0.717, 1.165) is 22.1 Å². The van der Waals surface area contributed by atoms with Gasteiger partial charge in [-0.1, -0.05) is 61.2 Å². The molecular formula is C21H24N4OS2. The van der Waals surface area contributed by atoms with E-state index in [1.165, 1.54) is 34.2 Å². The van der Waals surface area contributed by atoms with Crippen LogP contribution in [0.1, 0.15) is 37.3 Å². The monoisotopic (exact) mass is 412 g/mol. The third-order valence-corrected chi connectivity index (χ3v) is 6.35. The lowest BCUT2D eigenvalue weighted by atomic mass is 9.99. The van der Waals surface area contributed by atoms with Crippen molar-refractivity contribution in [3.05, 3.63) is 59.7 Å². The van der Waals surface area contributed by atoms with E-state index in [9.17, 15) is 4.79 Å². The summed E-state index contributed by atoms with van der Waals surface area (Å²) in [5, 5.41) is 15.2. The van der Waals surface area contributed by atoms with Gasteiger partial charge in [0.05, 0.1) is 5.75 Å². The van der Waals surface area contributed by atoms with Gasteiger partial charge in [-0.15, -0.1) is 10.2 Å². The second kappa shape index (κ2) is 9.71. The molecule has 5 nitrogen and oxygen atoms in total. The van der Waals surface area contributed by atoms with E-state index >= 15 is 0 Å². The largest absolute Gasteiger partial charge is 0.330 e. The summed E-state index contributed by atoms with van der Waals surface area (Å²) in [7, 11) is 0. The highest BCUT2D eigenvalue weighted by molar-refractivity contribution is 8.01. The Hall–Kier alpha value is -2.38. The maximum atomic E-state index is 12.2. The van der Waals surface area contributed by atoms with Crippen molar-refractivity contribution >= 4 is 45.5 Å². The number of carbonyl (C=O) groups is 1. The molecule has 1 amide bonds. The van der Waals surface area contributed by atoms with Gasteiger partial charge >= 0.3 is 0 Å². The number of aryl methyl sites for hydroxylation is 1. The Kier molecular flexibility index (Phi) is 7.06. The second-order valence-corrected chi connectivity index (χ2v) is 8.84. The molecule has 0 spiro atoms. The minimum atomic E-state index is -0.0512. The van der Waals surface area contributed by atoms with Crippen LogP contribution >= 0.6 is 23.1 Å². The molecule has 7 heteroatoms. The Labute approximate surface area is 174 Å². The standard InChI is InChI=1S/C21H24N4OS2/c1-4-15(3)16-8-10-17(11-9-16)22-19(26)13-27-21-25-24-20(28-21)23-18-7-5-6-14(2)12-18/h5-12,15H,4,13H2,1-3H3,(H,22,26)(H,23,24)/t15-/m0/s1. The lowest BCUT2D eigenvalue weighted by Gasteiger charge is -2.10. The average Bonchev–Trinajstić information content (AvgIpc) is 3.14. The Balaban J connectivity index is 1.49. The van der Waals surface area contributed by atoms with Crippen LogP contribution < -0.4 is 10.6 Å². The van der Waals surface area contributed by atoms with Crippen LogP contribution in [0.3, 0.4) is 0 Å². The molecule has 1 atom stereocenters. The van der Waals surface area contributed by atoms with Gasteiger partial charge in [0.2, 0.25) is 11.0 Å². The highest BCUT2D eigenvalue weighted by Crippen LogP contribution is 2.28. The Morgan fingerprint density at radius 1 is 1.14 bits per heavy atom. The number of hydrogen-bond acceptors (Lipinski definition) is 6. The van der Waals surface area contributed by atoms with Gasteiger partial charge in [-0.05, 0) is 54.7 Å². The lowest BCUT2D eigenvalue weighted by molar-refractivity contribution is -0.113. The Morgan fingerprint density at radius 3 is 2.64 bits per heavy atom. The molecule has 0 aliphatic heterocycles. The number of anilines is 3. The molecule has 0 unspecified atom stereocenters. The maximum Gasteiger partial charge on any atom is 0.234 e. The van der Waals surface area contributed by atoms with E-state index in [2.05, 4.69) is 46.8 Å². The highest BCUT2D eigenvalue weighted by atomic mass is 32.2. The van der Waals surface area contributed by atoms with Crippen molar-refractivity contribution in [3.8, 4) is 0 Å². The van der Waals surface area contributed by atoms with Gasteiger partial charge < -0.3 is 10.6 Å². The molecule has 0 aliphatic carbocycles. The third kappa shape index (κ3) is 5.81. The molecular weight excluding hydrogens is 388 g/mol. The van der Waals surface area contributed by atoms with Gasteiger partial charge in [-0.3, -0.25) is 4.79 Å². The molecule has 146 valence electrons. The minimum Gasteiger partial charge on any atom is -0.330 e. The van der Waals surface area contributed by atoms with Crippen molar-refractivity contribution < 1.29 is 4.79 Å². The van der Waals surface area contributed by atoms with Crippen LogP contribution in [0.25, 0.3) is 0 Å². The molecule has 28 heavy (non-hydrogen) atoms. The van der Waals surface area contributed by atoms with Crippen molar-refractivity contribution in [2.24, 2.45) is 0 Å². The number of thioether (sulfide) groups is 1. The third-order valence-electron chi connectivity index (χ3n) is 4.38. The fraction of sp³-hybridized carbons (Fsp3) is 0.286. The molecule has 0 bridgehead atoms. The van der Waals surface area contributed by atoms with E-state index in [-0.39, 0.29) is 5.91 Å². The van der Waals surface area contributed by atoms with Crippen LogP contribution in [0, 0.1) is 6.92 Å². The summed E-state index contributed by atoms with van der Waals surface area (Å²) in [4.78, 5) is 12.2. The molecule has 3 rings (SSSR count). The minimum absolute atomic E-state index is 0.0512. The van der Waals surface area contributed by atoms with Gasteiger partial charge in [-0.2, -0.15) is 0 Å². The highest BCUT2D eigenvalue weighted by Gasteiger charge is 2.09. The second-order valence-electron chi connectivity index (χ2n) is 6.64. The van der Waals surface area contributed by atoms with Crippen molar-refractivity contribution in [2.45, 2.75) is 37.4 Å². The Morgan fingerprint density at radius 2 is 1.93 bits per heavy atom. The molecule has 2 N–H and O–H groups in total. The van der Waals surface area contributed by atoms with Crippen LogP contribution in [0.2, 0.25) is 0 Å². The summed E-state index contributed by atoms with van der Waals surface area (Å²) >= 11 is 2.83. The van der Waals surface area contributed by atoms with Gasteiger partial charge in [0.25, 0.3) is 0 Å². The molecule has 1 aromatic heterocycles. The number of benzene rings is 2. The summed E-state index contributed by atoms with van der Waals surface area (Å²) in [6.45, 7) is 6.42. The van der Waals surface area contributed by atoms with E-state index in [1.807, 2.05) is 43.3 Å². The number of amides is 1.